The van der Waals surface area contributed by atoms with E-state index >= 15 is 0 Å². The summed E-state index contributed by atoms with van der Waals surface area (Å²) in [4.78, 5) is 0. The number of aliphatic hydroxyl groups excluding tert-OH is 1. The molecule has 4 heteroatoms. The first-order chi connectivity index (χ1) is 6.15. The van der Waals surface area contributed by atoms with Crippen molar-refractivity contribution in [3.63, 3.8) is 0 Å². The maximum Gasteiger partial charge on any atom is 0.0934 e. The van der Waals surface area contributed by atoms with Crippen LogP contribution >= 0.6 is 27.5 Å². The molecular formula is C9H7BrClNO. The number of hydrogen-bond donors (Lipinski definition) is 1. The van der Waals surface area contributed by atoms with Crippen LogP contribution < -0.4 is 0 Å². The Labute approximate surface area is 89.9 Å². The molecule has 1 rings (SSSR count). The van der Waals surface area contributed by atoms with Crippen molar-refractivity contribution in [3.05, 3.63) is 33.3 Å². The van der Waals surface area contributed by atoms with Gasteiger partial charge in [0.25, 0.3) is 0 Å². The molecule has 0 amide bonds. The van der Waals surface area contributed by atoms with Crippen molar-refractivity contribution in [3.8, 4) is 6.07 Å². The highest BCUT2D eigenvalue weighted by Gasteiger charge is 2.11. The second kappa shape index (κ2) is 4.61. The number of hydrogen-bond acceptors (Lipinski definition) is 2. The van der Waals surface area contributed by atoms with Crippen LogP contribution in [0, 0.1) is 11.3 Å². The molecule has 1 unspecified atom stereocenters. The van der Waals surface area contributed by atoms with Gasteiger partial charge >= 0.3 is 0 Å². The minimum Gasteiger partial charge on any atom is -0.387 e. The summed E-state index contributed by atoms with van der Waals surface area (Å²) in [5, 5.41) is 18.4. The molecule has 1 atom stereocenters. The average Bonchev–Trinajstić information content (AvgIpc) is 2.09. The molecule has 1 aromatic carbocycles. The summed E-state index contributed by atoms with van der Waals surface area (Å²) < 4.78 is 0.837. The topological polar surface area (TPSA) is 44.0 Å². The third-order valence-electron chi connectivity index (χ3n) is 1.60. The molecule has 0 aromatic heterocycles. The standard InChI is InChI=1S/C9H7BrClNO/c10-6-1-2-8(11)7(5-6)9(13)3-4-12/h1-2,5,9,13H,3H2. The summed E-state index contributed by atoms with van der Waals surface area (Å²) in [5.41, 5.74) is 0.581. The summed E-state index contributed by atoms with van der Waals surface area (Å²) in [7, 11) is 0. The fraction of sp³-hybridized carbons (Fsp3) is 0.222. The van der Waals surface area contributed by atoms with Gasteiger partial charge in [-0.3, -0.25) is 0 Å². The number of nitriles is 1. The van der Waals surface area contributed by atoms with E-state index in [1.807, 2.05) is 6.07 Å². The van der Waals surface area contributed by atoms with Gasteiger partial charge in [-0.05, 0) is 18.2 Å². The Hall–Kier alpha value is -0.560. The van der Waals surface area contributed by atoms with Crippen molar-refractivity contribution in [1.82, 2.24) is 0 Å². The monoisotopic (exact) mass is 259 g/mol. The Morgan fingerprint density at radius 2 is 2.31 bits per heavy atom. The fourth-order valence-electron chi connectivity index (χ4n) is 0.966. The van der Waals surface area contributed by atoms with Gasteiger partial charge in [0.2, 0.25) is 0 Å². The van der Waals surface area contributed by atoms with Crippen LogP contribution in [0.25, 0.3) is 0 Å². The molecule has 0 spiro atoms. The van der Waals surface area contributed by atoms with Crippen LogP contribution in [0.2, 0.25) is 5.02 Å². The van der Waals surface area contributed by atoms with Crippen LogP contribution in [-0.2, 0) is 0 Å². The van der Waals surface area contributed by atoms with Gasteiger partial charge in [0, 0.05) is 15.1 Å². The third-order valence-corrected chi connectivity index (χ3v) is 2.44. The molecule has 0 aliphatic rings. The zero-order valence-corrected chi connectivity index (χ0v) is 9.01. The maximum absolute atomic E-state index is 9.50. The number of benzene rings is 1. The van der Waals surface area contributed by atoms with E-state index in [9.17, 15) is 5.11 Å². The van der Waals surface area contributed by atoms with Crippen LogP contribution in [0.3, 0.4) is 0 Å². The second-order valence-corrected chi connectivity index (χ2v) is 3.87. The molecule has 0 bridgehead atoms. The lowest BCUT2D eigenvalue weighted by atomic mass is 10.1. The minimum absolute atomic E-state index is 0.0518. The van der Waals surface area contributed by atoms with Crippen LogP contribution in [0.4, 0.5) is 0 Å². The molecule has 1 N–H and O–H groups in total. The van der Waals surface area contributed by atoms with Crippen LogP contribution in [-0.4, -0.2) is 5.11 Å². The summed E-state index contributed by atoms with van der Waals surface area (Å²) in [6, 6.07) is 7.07. The van der Waals surface area contributed by atoms with Gasteiger partial charge in [-0.1, -0.05) is 27.5 Å². The largest absolute Gasteiger partial charge is 0.387 e. The van der Waals surface area contributed by atoms with Crippen molar-refractivity contribution in [2.24, 2.45) is 0 Å². The molecule has 0 heterocycles. The van der Waals surface area contributed by atoms with Gasteiger partial charge in [0.15, 0.2) is 0 Å². The Kier molecular flexibility index (Phi) is 3.73. The molecule has 0 saturated heterocycles. The van der Waals surface area contributed by atoms with E-state index in [0.29, 0.717) is 10.6 Å². The zero-order chi connectivity index (χ0) is 9.84. The molecular weight excluding hydrogens is 253 g/mol. The van der Waals surface area contributed by atoms with Gasteiger partial charge < -0.3 is 5.11 Å². The van der Waals surface area contributed by atoms with Gasteiger partial charge in [0.05, 0.1) is 18.6 Å². The highest BCUT2D eigenvalue weighted by Crippen LogP contribution is 2.27. The number of aliphatic hydroxyl groups is 1. The first-order valence-corrected chi connectivity index (χ1v) is 4.82. The lowest BCUT2D eigenvalue weighted by Crippen LogP contribution is -1.96. The van der Waals surface area contributed by atoms with E-state index in [4.69, 9.17) is 16.9 Å². The highest BCUT2D eigenvalue weighted by atomic mass is 79.9. The van der Waals surface area contributed by atoms with Gasteiger partial charge in [-0.25, -0.2) is 0 Å². The molecule has 13 heavy (non-hydrogen) atoms. The van der Waals surface area contributed by atoms with Crippen molar-refractivity contribution in [2.75, 3.05) is 0 Å². The molecule has 1 aromatic rings. The maximum atomic E-state index is 9.50. The Balaban J connectivity index is 3.00. The Morgan fingerprint density at radius 1 is 1.62 bits per heavy atom. The Bertz CT molecular complexity index is 348. The zero-order valence-electron chi connectivity index (χ0n) is 6.67. The highest BCUT2D eigenvalue weighted by molar-refractivity contribution is 9.10. The summed E-state index contributed by atoms with van der Waals surface area (Å²) >= 11 is 9.10. The first kappa shape index (κ1) is 10.5. The second-order valence-electron chi connectivity index (χ2n) is 2.54. The normalized spacial score (nSPS) is 12.2. The van der Waals surface area contributed by atoms with Crippen LogP contribution in [0.5, 0.6) is 0 Å². The van der Waals surface area contributed by atoms with E-state index < -0.39 is 6.10 Å². The summed E-state index contributed by atoms with van der Waals surface area (Å²) in [5.74, 6) is 0. The SMILES string of the molecule is N#CCC(O)c1cc(Br)ccc1Cl. The molecule has 0 aliphatic heterocycles. The smallest absolute Gasteiger partial charge is 0.0934 e. The molecule has 2 nitrogen and oxygen atoms in total. The molecule has 68 valence electrons. The average molecular weight is 261 g/mol. The Morgan fingerprint density at radius 3 is 2.92 bits per heavy atom. The molecule has 0 radical (unpaired) electrons. The van der Waals surface area contributed by atoms with E-state index in [2.05, 4.69) is 15.9 Å². The predicted octanol–water partition coefficient (Wildman–Crippen LogP) is 3.05. The lowest BCUT2D eigenvalue weighted by Gasteiger charge is -2.08. The predicted molar refractivity (Wildman–Crippen MR) is 54.3 cm³/mol. The number of rotatable bonds is 2. The molecule has 0 aliphatic carbocycles. The van der Waals surface area contributed by atoms with Crippen molar-refractivity contribution < 1.29 is 5.11 Å². The van der Waals surface area contributed by atoms with Crippen molar-refractivity contribution >= 4 is 27.5 Å². The van der Waals surface area contributed by atoms with E-state index in [1.54, 1.807) is 18.2 Å². The number of nitrogens with zero attached hydrogens (tertiary/aromatic N) is 1. The molecule has 0 fully saturated rings. The van der Waals surface area contributed by atoms with Crippen LogP contribution in [0.1, 0.15) is 18.1 Å². The van der Waals surface area contributed by atoms with E-state index in [-0.39, 0.29) is 6.42 Å². The van der Waals surface area contributed by atoms with Gasteiger partial charge in [-0.15, -0.1) is 0 Å². The summed E-state index contributed by atoms with van der Waals surface area (Å²) in [6.45, 7) is 0. The third kappa shape index (κ3) is 2.70. The molecule has 0 saturated carbocycles. The van der Waals surface area contributed by atoms with Crippen molar-refractivity contribution in [2.45, 2.75) is 12.5 Å². The van der Waals surface area contributed by atoms with Gasteiger partial charge in [-0.2, -0.15) is 5.26 Å². The minimum atomic E-state index is -0.810. The lowest BCUT2D eigenvalue weighted by molar-refractivity contribution is 0.183. The van der Waals surface area contributed by atoms with Crippen LogP contribution in [0.15, 0.2) is 22.7 Å². The number of halogens is 2. The van der Waals surface area contributed by atoms with E-state index in [1.165, 1.54) is 0 Å². The van der Waals surface area contributed by atoms with Gasteiger partial charge in [0.1, 0.15) is 0 Å². The van der Waals surface area contributed by atoms with E-state index in [0.717, 1.165) is 4.47 Å². The quantitative estimate of drug-likeness (QED) is 0.888. The van der Waals surface area contributed by atoms with Crippen molar-refractivity contribution in [1.29, 1.82) is 5.26 Å². The first-order valence-electron chi connectivity index (χ1n) is 3.65. The summed E-state index contributed by atoms with van der Waals surface area (Å²) in [6.07, 6.45) is -0.758. The fourth-order valence-corrected chi connectivity index (χ4v) is 1.59.